The number of hydrogen-bond acceptors (Lipinski definition) is 2. The summed E-state index contributed by atoms with van der Waals surface area (Å²) in [6, 6.07) is 3.39. The van der Waals surface area contributed by atoms with E-state index in [0.717, 1.165) is 6.54 Å². The minimum absolute atomic E-state index is 0.0793. The van der Waals surface area contributed by atoms with Crippen LogP contribution < -0.4 is 0 Å². The number of rotatable bonds is 3. The third kappa shape index (κ3) is 2.87. The van der Waals surface area contributed by atoms with Crippen LogP contribution in [-0.4, -0.2) is 24.4 Å². The van der Waals surface area contributed by atoms with Crippen molar-refractivity contribution in [1.29, 1.82) is 0 Å². The number of carbonyl (C=O) groups excluding carboxylic acids is 1. The molecule has 0 aliphatic heterocycles. The van der Waals surface area contributed by atoms with Crippen molar-refractivity contribution < 1.29 is 9.21 Å². The van der Waals surface area contributed by atoms with Gasteiger partial charge in [-0.3, -0.25) is 4.79 Å². The second-order valence-electron chi connectivity index (χ2n) is 3.68. The molecular weight excluding hydrogens is 246 g/mol. The van der Waals surface area contributed by atoms with E-state index in [9.17, 15) is 4.79 Å². The summed E-state index contributed by atoms with van der Waals surface area (Å²) in [6.07, 6.45) is 0. The van der Waals surface area contributed by atoms with E-state index in [1.54, 1.807) is 24.1 Å². The van der Waals surface area contributed by atoms with Crippen molar-refractivity contribution in [3.8, 4) is 0 Å². The van der Waals surface area contributed by atoms with Gasteiger partial charge in [-0.25, -0.2) is 0 Å². The van der Waals surface area contributed by atoms with Gasteiger partial charge in [-0.2, -0.15) is 0 Å². The normalized spacial score (nSPS) is 10.6. The molecule has 0 saturated carbocycles. The van der Waals surface area contributed by atoms with Crippen LogP contribution >= 0.6 is 15.9 Å². The summed E-state index contributed by atoms with van der Waals surface area (Å²) in [6.45, 7) is 4.88. The minimum Gasteiger partial charge on any atom is -0.444 e. The van der Waals surface area contributed by atoms with E-state index in [1.165, 1.54) is 0 Å². The highest BCUT2D eigenvalue weighted by Crippen LogP contribution is 2.15. The average molecular weight is 260 g/mol. The zero-order valence-corrected chi connectivity index (χ0v) is 10.2. The van der Waals surface area contributed by atoms with Crippen LogP contribution in [0.5, 0.6) is 0 Å². The van der Waals surface area contributed by atoms with Gasteiger partial charge in [0.2, 0.25) is 0 Å². The summed E-state index contributed by atoms with van der Waals surface area (Å²) >= 11 is 3.16. The van der Waals surface area contributed by atoms with Gasteiger partial charge in [0.15, 0.2) is 10.4 Å². The highest BCUT2D eigenvalue weighted by Gasteiger charge is 2.15. The fourth-order valence-corrected chi connectivity index (χ4v) is 1.55. The van der Waals surface area contributed by atoms with E-state index < -0.39 is 0 Å². The quantitative estimate of drug-likeness (QED) is 0.837. The highest BCUT2D eigenvalue weighted by molar-refractivity contribution is 9.10. The molecule has 0 aromatic carbocycles. The zero-order valence-electron chi connectivity index (χ0n) is 8.58. The third-order valence-corrected chi connectivity index (χ3v) is 2.20. The molecule has 0 radical (unpaired) electrons. The maximum Gasteiger partial charge on any atom is 0.289 e. The van der Waals surface area contributed by atoms with Crippen molar-refractivity contribution in [2.75, 3.05) is 13.6 Å². The fraction of sp³-hybridized carbons (Fsp3) is 0.500. The zero-order chi connectivity index (χ0) is 10.7. The summed E-state index contributed by atoms with van der Waals surface area (Å²) in [5, 5.41) is 0. The van der Waals surface area contributed by atoms with Crippen molar-refractivity contribution in [2.24, 2.45) is 5.92 Å². The molecule has 0 aliphatic carbocycles. The lowest BCUT2D eigenvalue weighted by atomic mass is 10.2. The lowest BCUT2D eigenvalue weighted by molar-refractivity contribution is 0.0746. The average Bonchev–Trinajstić information content (AvgIpc) is 2.49. The Bertz CT molecular complexity index is 320. The molecule has 0 fully saturated rings. The lowest BCUT2D eigenvalue weighted by Crippen LogP contribution is -2.29. The topological polar surface area (TPSA) is 33.5 Å². The van der Waals surface area contributed by atoms with Crippen molar-refractivity contribution in [3.63, 3.8) is 0 Å². The Morgan fingerprint density at radius 1 is 1.57 bits per heavy atom. The largest absolute Gasteiger partial charge is 0.444 e. The Labute approximate surface area is 92.2 Å². The van der Waals surface area contributed by atoms with Gasteiger partial charge in [0.1, 0.15) is 0 Å². The van der Waals surface area contributed by atoms with Gasteiger partial charge in [-0.05, 0) is 34.0 Å². The van der Waals surface area contributed by atoms with Crippen molar-refractivity contribution in [2.45, 2.75) is 13.8 Å². The molecule has 1 amide bonds. The molecule has 0 unspecified atom stereocenters. The second-order valence-corrected chi connectivity index (χ2v) is 4.46. The second kappa shape index (κ2) is 4.64. The maximum atomic E-state index is 11.7. The molecule has 0 atom stereocenters. The SMILES string of the molecule is CC(C)CN(C)C(=O)c1ccc(Br)o1. The number of halogens is 1. The molecule has 0 bridgehead atoms. The molecular formula is C10H14BrNO2. The summed E-state index contributed by atoms with van der Waals surface area (Å²) in [5.74, 6) is 0.756. The van der Waals surface area contributed by atoms with Crippen LogP contribution in [0.15, 0.2) is 21.2 Å². The Hall–Kier alpha value is -0.770. The predicted molar refractivity (Wildman–Crippen MR) is 58.2 cm³/mol. The Morgan fingerprint density at radius 2 is 2.21 bits per heavy atom. The number of nitrogens with zero attached hydrogens (tertiary/aromatic N) is 1. The van der Waals surface area contributed by atoms with E-state index in [-0.39, 0.29) is 5.91 Å². The predicted octanol–water partition coefficient (Wildman–Crippen LogP) is 2.77. The van der Waals surface area contributed by atoms with Gasteiger partial charge in [0.05, 0.1) is 0 Å². The molecule has 4 heteroatoms. The first-order chi connectivity index (χ1) is 6.50. The molecule has 1 aromatic heterocycles. The highest BCUT2D eigenvalue weighted by atomic mass is 79.9. The molecule has 0 N–H and O–H groups in total. The van der Waals surface area contributed by atoms with Crippen LogP contribution in [0, 0.1) is 5.92 Å². The monoisotopic (exact) mass is 259 g/mol. The molecule has 1 heterocycles. The molecule has 1 rings (SSSR count). The van der Waals surface area contributed by atoms with Gasteiger partial charge >= 0.3 is 0 Å². The Morgan fingerprint density at radius 3 is 2.64 bits per heavy atom. The van der Waals surface area contributed by atoms with Crippen LogP contribution in [0.3, 0.4) is 0 Å². The molecule has 3 nitrogen and oxygen atoms in total. The fourth-order valence-electron chi connectivity index (χ4n) is 1.25. The molecule has 0 aliphatic rings. The summed E-state index contributed by atoms with van der Waals surface area (Å²) < 4.78 is 5.76. The van der Waals surface area contributed by atoms with E-state index in [0.29, 0.717) is 16.3 Å². The first-order valence-corrected chi connectivity index (χ1v) is 5.31. The van der Waals surface area contributed by atoms with Crippen LogP contribution in [0.4, 0.5) is 0 Å². The van der Waals surface area contributed by atoms with Crippen LogP contribution in [0.2, 0.25) is 0 Å². The number of hydrogen-bond donors (Lipinski definition) is 0. The Balaban J connectivity index is 2.65. The smallest absolute Gasteiger partial charge is 0.289 e. The number of amides is 1. The van der Waals surface area contributed by atoms with E-state index in [4.69, 9.17) is 4.42 Å². The third-order valence-electron chi connectivity index (χ3n) is 1.77. The lowest BCUT2D eigenvalue weighted by Gasteiger charge is -2.17. The van der Waals surface area contributed by atoms with Gasteiger partial charge in [-0.1, -0.05) is 13.8 Å². The van der Waals surface area contributed by atoms with Gasteiger partial charge in [0.25, 0.3) is 5.91 Å². The first-order valence-electron chi connectivity index (χ1n) is 4.51. The van der Waals surface area contributed by atoms with E-state index in [2.05, 4.69) is 29.8 Å². The standard InChI is InChI=1S/C10H14BrNO2/c1-7(2)6-12(3)10(13)8-4-5-9(11)14-8/h4-5,7H,6H2,1-3H3. The molecule has 14 heavy (non-hydrogen) atoms. The minimum atomic E-state index is -0.0793. The number of carbonyl (C=O) groups is 1. The summed E-state index contributed by atoms with van der Waals surface area (Å²) in [7, 11) is 1.78. The van der Waals surface area contributed by atoms with Gasteiger partial charge in [0, 0.05) is 13.6 Å². The molecule has 0 saturated heterocycles. The number of furan rings is 1. The van der Waals surface area contributed by atoms with Gasteiger partial charge in [-0.15, -0.1) is 0 Å². The first kappa shape index (κ1) is 11.3. The van der Waals surface area contributed by atoms with E-state index >= 15 is 0 Å². The molecule has 78 valence electrons. The van der Waals surface area contributed by atoms with Gasteiger partial charge < -0.3 is 9.32 Å². The van der Waals surface area contributed by atoms with Crippen molar-refractivity contribution in [1.82, 2.24) is 4.90 Å². The van der Waals surface area contributed by atoms with Crippen LogP contribution in [0.25, 0.3) is 0 Å². The van der Waals surface area contributed by atoms with Crippen molar-refractivity contribution >= 4 is 21.8 Å². The summed E-state index contributed by atoms with van der Waals surface area (Å²) in [4.78, 5) is 13.4. The van der Waals surface area contributed by atoms with Crippen molar-refractivity contribution in [3.05, 3.63) is 22.6 Å². The maximum absolute atomic E-state index is 11.7. The Kier molecular flexibility index (Phi) is 3.75. The molecule has 1 aromatic rings. The summed E-state index contributed by atoms with van der Waals surface area (Å²) in [5.41, 5.74) is 0. The van der Waals surface area contributed by atoms with Crippen LogP contribution in [-0.2, 0) is 0 Å². The van der Waals surface area contributed by atoms with Crippen LogP contribution in [0.1, 0.15) is 24.4 Å². The molecule has 0 spiro atoms. The van der Waals surface area contributed by atoms with E-state index in [1.807, 2.05) is 0 Å².